The van der Waals surface area contributed by atoms with Crippen molar-refractivity contribution in [2.24, 2.45) is 47.3 Å². The van der Waals surface area contributed by atoms with Gasteiger partial charge in [0.15, 0.2) is 0 Å². The average molecular weight is 964 g/mol. The molecule has 0 heterocycles. The van der Waals surface area contributed by atoms with Gasteiger partial charge in [-0.05, 0) is 214 Å². The summed E-state index contributed by atoms with van der Waals surface area (Å²) >= 11 is 0. The highest BCUT2D eigenvalue weighted by atomic mass is 15.3. The first kappa shape index (κ1) is 50.6. The molecule has 0 N–H and O–H groups in total. The first-order chi connectivity index (χ1) is 34.6. The highest BCUT2D eigenvalue weighted by molar-refractivity contribution is 5.16. The zero-order valence-electron chi connectivity index (χ0n) is 46.4. The van der Waals surface area contributed by atoms with Crippen LogP contribution >= 0.6 is 0 Å². The Kier molecular flexibility index (Phi) is 17.1. The van der Waals surface area contributed by atoms with Crippen LogP contribution in [0.3, 0.4) is 0 Å². The van der Waals surface area contributed by atoms with Gasteiger partial charge in [-0.15, -0.1) is 0 Å². The molecule has 0 aromatic heterocycles. The third kappa shape index (κ3) is 10.5. The number of hydrogen-bond acceptors (Lipinski definition) is 4. The topological polar surface area (TPSA) is 13.0 Å². The van der Waals surface area contributed by atoms with Crippen molar-refractivity contribution in [1.82, 2.24) is 19.6 Å². The fourth-order valence-electron chi connectivity index (χ4n) is 22.4. The molecule has 70 heavy (non-hydrogen) atoms. The predicted molar refractivity (Wildman–Crippen MR) is 295 cm³/mol. The molecule has 10 unspecified atom stereocenters. The molecule has 12 aliphatic carbocycles. The lowest BCUT2D eigenvalue weighted by Gasteiger charge is -2.69. The molecule has 10 atom stereocenters. The molecular weight excluding hydrogens is 849 g/mol. The van der Waals surface area contributed by atoms with Crippen molar-refractivity contribution in [3.8, 4) is 0 Å². The van der Waals surface area contributed by atoms with Gasteiger partial charge in [-0.25, -0.2) is 0 Å². The molecule has 0 bridgehead atoms. The van der Waals surface area contributed by atoms with E-state index in [2.05, 4.69) is 33.4 Å². The van der Waals surface area contributed by atoms with E-state index >= 15 is 0 Å². The van der Waals surface area contributed by atoms with Crippen molar-refractivity contribution in [3.63, 3.8) is 0 Å². The van der Waals surface area contributed by atoms with E-state index in [-0.39, 0.29) is 0 Å². The fourth-order valence-corrected chi connectivity index (χ4v) is 22.4. The normalized spacial score (nSPS) is 42.9. The summed E-state index contributed by atoms with van der Waals surface area (Å²) in [6, 6.07) is 10.4. The molecule has 0 saturated heterocycles. The van der Waals surface area contributed by atoms with Crippen LogP contribution in [0.25, 0.3) is 0 Å². The van der Waals surface area contributed by atoms with Crippen molar-refractivity contribution in [1.29, 1.82) is 0 Å². The molecule has 0 spiro atoms. The van der Waals surface area contributed by atoms with Crippen LogP contribution in [0.5, 0.6) is 0 Å². The van der Waals surface area contributed by atoms with Crippen molar-refractivity contribution < 1.29 is 0 Å². The first-order valence-corrected chi connectivity index (χ1v) is 33.7. The van der Waals surface area contributed by atoms with Gasteiger partial charge >= 0.3 is 0 Å². The van der Waals surface area contributed by atoms with E-state index in [1.54, 1.807) is 38.5 Å². The summed E-state index contributed by atoms with van der Waals surface area (Å²) < 4.78 is 0. The lowest BCUT2D eigenvalue weighted by molar-refractivity contribution is -0.195. The van der Waals surface area contributed by atoms with E-state index in [1.807, 2.05) is 0 Å². The Labute approximate surface area is 433 Å². The van der Waals surface area contributed by atoms with Gasteiger partial charge in [-0.2, -0.15) is 0 Å². The minimum absolute atomic E-state index is 0.850. The van der Waals surface area contributed by atoms with Crippen LogP contribution in [0, 0.1) is 47.3 Å². The van der Waals surface area contributed by atoms with Crippen LogP contribution < -0.4 is 0 Å². The highest BCUT2D eigenvalue weighted by Gasteiger charge is 2.64. The van der Waals surface area contributed by atoms with Gasteiger partial charge in [0, 0.05) is 72.5 Å². The minimum Gasteiger partial charge on any atom is -0.294 e. The molecule has 0 amide bonds. The number of hydrogen-bond donors (Lipinski definition) is 0. The second-order valence-corrected chi connectivity index (χ2v) is 29.1. The van der Waals surface area contributed by atoms with Crippen LogP contribution in [0.4, 0.5) is 0 Å². The summed E-state index contributed by atoms with van der Waals surface area (Å²) in [5, 5.41) is 0. The van der Waals surface area contributed by atoms with Gasteiger partial charge in [0.05, 0.1) is 0 Å². The van der Waals surface area contributed by atoms with Gasteiger partial charge in [0.1, 0.15) is 0 Å². The van der Waals surface area contributed by atoms with E-state index in [1.165, 1.54) is 244 Å². The molecular formula is C66H114N4. The monoisotopic (exact) mass is 963 g/mol. The summed E-state index contributed by atoms with van der Waals surface area (Å²) in [7, 11) is 0. The molecule has 0 aromatic carbocycles. The Balaban J connectivity index is 0.995. The van der Waals surface area contributed by atoms with Gasteiger partial charge in [0.2, 0.25) is 0 Å². The van der Waals surface area contributed by atoms with Crippen LogP contribution in [-0.4, -0.2) is 92.1 Å². The van der Waals surface area contributed by atoms with E-state index in [0.29, 0.717) is 0 Å². The highest BCUT2D eigenvalue weighted by Crippen LogP contribution is 2.64. The summed E-state index contributed by atoms with van der Waals surface area (Å²) in [4.78, 5) is 14.2. The smallest absolute Gasteiger partial charge is 0.0147 e. The Hall–Kier alpha value is -0.160. The van der Waals surface area contributed by atoms with Crippen LogP contribution in [0.2, 0.25) is 0 Å². The standard InChI is InChI=1S/C66H114N4/c1-47-33-37-55(38-34-47)69(53-29-17-7-18-30-53)63-45-61(67(49-21-9-3-10-22-49)50-23-11-4-12-24-50)57-42-44-60-64(70(54-31-19-8-20-32-54)56-39-35-48(2)36-40-56)46-62(58-41-43-59(63)65(57)66(58)60)68(51-25-13-5-14-26-51)52-27-15-6-16-28-52/h47-66H,3-46H2,1-2H3. The Morgan fingerprint density at radius 2 is 0.386 bits per heavy atom. The summed E-state index contributed by atoms with van der Waals surface area (Å²) in [6.45, 7) is 5.23. The van der Waals surface area contributed by atoms with Gasteiger partial charge in [0.25, 0.3) is 0 Å². The van der Waals surface area contributed by atoms with Crippen LogP contribution in [-0.2, 0) is 0 Å². The van der Waals surface area contributed by atoms with E-state index < -0.39 is 0 Å². The van der Waals surface area contributed by atoms with Crippen molar-refractivity contribution in [3.05, 3.63) is 0 Å². The summed E-state index contributed by atoms with van der Waals surface area (Å²) in [6.07, 6.45) is 67.1. The molecule has 12 rings (SSSR count). The molecule has 0 aromatic rings. The van der Waals surface area contributed by atoms with E-state index in [4.69, 9.17) is 0 Å². The van der Waals surface area contributed by atoms with Gasteiger partial charge in [-0.1, -0.05) is 129 Å². The fraction of sp³-hybridized carbons (Fsp3) is 1.00. The zero-order chi connectivity index (χ0) is 47.0. The molecule has 4 heteroatoms. The van der Waals surface area contributed by atoms with Crippen molar-refractivity contribution in [2.75, 3.05) is 0 Å². The SMILES string of the molecule is CC1CCC(N(C2CCCCC2)C2CC(N(C3CCCCC3)C3CCCCC3)C3CCC4C5C(CCC2C35)C(N(C2CCCCC2)C2CCCCC2)CC4N(C2CCCCC2)C2CCC(C)CC2)CC1. The molecule has 398 valence electrons. The quantitative estimate of drug-likeness (QED) is 0.193. The van der Waals surface area contributed by atoms with Crippen LogP contribution in [0.15, 0.2) is 0 Å². The maximum atomic E-state index is 3.55. The lowest BCUT2D eigenvalue weighted by atomic mass is 9.44. The summed E-state index contributed by atoms with van der Waals surface area (Å²) in [5.41, 5.74) is 0. The molecule has 0 radical (unpaired) electrons. The average Bonchev–Trinajstić information content (AvgIpc) is 3.42. The molecule has 0 aliphatic heterocycles. The first-order valence-electron chi connectivity index (χ1n) is 33.7. The maximum absolute atomic E-state index is 3.55. The lowest BCUT2D eigenvalue weighted by Crippen LogP contribution is -2.72. The largest absolute Gasteiger partial charge is 0.294 e. The summed E-state index contributed by atoms with van der Waals surface area (Å²) in [5.74, 6) is 7.70. The Morgan fingerprint density at radius 3 is 0.586 bits per heavy atom. The van der Waals surface area contributed by atoms with E-state index in [0.717, 1.165) is 120 Å². The van der Waals surface area contributed by atoms with Crippen LogP contribution in [0.1, 0.15) is 296 Å². The van der Waals surface area contributed by atoms with Crippen molar-refractivity contribution >= 4 is 0 Å². The molecule has 12 aliphatic rings. The predicted octanol–water partition coefficient (Wildman–Crippen LogP) is 16.9. The van der Waals surface area contributed by atoms with E-state index in [9.17, 15) is 0 Å². The molecule has 12 saturated carbocycles. The van der Waals surface area contributed by atoms with Gasteiger partial charge < -0.3 is 0 Å². The second kappa shape index (κ2) is 23.6. The maximum Gasteiger partial charge on any atom is 0.0147 e. The van der Waals surface area contributed by atoms with Crippen molar-refractivity contribution in [2.45, 2.75) is 369 Å². The molecule has 4 nitrogen and oxygen atoms in total. The number of rotatable bonds is 12. The molecule has 12 fully saturated rings. The van der Waals surface area contributed by atoms with Gasteiger partial charge in [-0.3, -0.25) is 19.6 Å². The zero-order valence-corrected chi connectivity index (χ0v) is 46.4. The Bertz CT molecular complexity index is 1410. The minimum atomic E-state index is 0.850. The second-order valence-electron chi connectivity index (χ2n) is 29.1. The number of nitrogens with zero attached hydrogens (tertiary/aromatic N) is 4. The Morgan fingerprint density at radius 1 is 0.200 bits per heavy atom. The third-order valence-electron chi connectivity index (χ3n) is 25.4. The third-order valence-corrected chi connectivity index (χ3v) is 25.4.